The molecule has 2 aromatic carbocycles. The summed E-state index contributed by atoms with van der Waals surface area (Å²) >= 11 is 0. The first kappa shape index (κ1) is 21.5. The molecule has 2 aliphatic heterocycles. The summed E-state index contributed by atoms with van der Waals surface area (Å²) in [4.78, 5) is 24.9. The molecule has 2 heterocycles. The molecule has 31 heavy (non-hydrogen) atoms. The molecule has 164 valence electrons. The van der Waals surface area contributed by atoms with Crippen LogP contribution in [-0.2, 0) is 23.7 Å². The maximum Gasteiger partial charge on any atom is 0.340 e. The second-order valence-electron chi connectivity index (χ2n) is 8.34. The molecule has 0 N–H and O–H groups in total. The van der Waals surface area contributed by atoms with Gasteiger partial charge in [0.25, 0.3) is 0 Å². The highest BCUT2D eigenvalue weighted by Crippen LogP contribution is 2.39. The number of esters is 2. The van der Waals surface area contributed by atoms with Crippen molar-refractivity contribution in [2.24, 2.45) is 0 Å². The van der Waals surface area contributed by atoms with Crippen molar-refractivity contribution in [2.75, 3.05) is 6.61 Å². The smallest absolute Gasteiger partial charge is 0.340 e. The van der Waals surface area contributed by atoms with Crippen molar-refractivity contribution in [1.82, 2.24) is 0 Å². The molecule has 4 atom stereocenters. The zero-order valence-corrected chi connectivity index (χ0v) is 18.0. The fourth-order valence-corrected chi connectivity index (χ4v) is 3.67. The minimum absolute atomic E-state index is 0.0497. The highest BCUT2D eigenvalue weighted by Gasteiger charge is 2.57. The Bertz CT molecular complexity index is 949. The predicted octanol–water partition coefficient (Wildman–Crippen LogP) is 3.56. The van der Waals surface area contributed by atoms with Crippen molar-refractivity contribution in [3.8, 4) is 0 Å². The molecule has 0 saturated carbocycles. The van der Waals surface area contributed by atoms with Gasteiger partial charge in [0, 0.05) is 0 Å². The highest BCUT2D eigenvalue weighted by atomic mass is 16.8. The van der Waals surface area contributed by atoms with Crippen LogP contribution in [0.2, 0.25) is 0 Å². The zero-order valence-electron chi connectivity index (χ0n) is 18.0. The van der Waals surface area contributed by atoms with E-state index in [2.05, 4.69) is 0 Å². The molecule has 4 rings (SSSR count). The Morgan fingerprint density at radius 3 is 1.94 bits per heavy atom. The summed E-state index contributed by atoms with van der Waals surface area (Å²) in [7, 11) is 0. The Morgan fingerprint density at radius 2 is 1.35 bits per heavy atom. The molecule has 0 spiro atoms. The Balaban J connectivity index is 1.42. The van der Waals surface area contributed by atoms with E-state index in [1.165, 1.54) is 0 Å². The molecule has 0 amide bonds. The van der Waals surface area contributed by atoms with E-state index in [1.807, 2.05) is 38.1 Å². The number of carbonyl (C=O) groups excluding carboxylic acids is 2. The van der Waals surface area contributed by atoms with Crippen LogP contribution >= 0.6 is 0 Å². The number of carbonyl (C=O) groups is 2. The van der Waals surface area contributed by atoms with Crippen LogP contribution in [-0.4, -0.2) is 48.9 Å². The van der Waals surface area contributed by atoms with Crippen LogP contribution in [0.4, 0.5) is 0 Å². The summed E-state index contributed by atoms with van der Waals surface area (Å²) < 4.78 is 28.7. The number of ether oxygens (including phenoxy) is 5. The molecule has 0 radical (unpaired) electrons. The summed E-state index contributed by atoms with van der Waals surface area (Å²) in [6.45, 7) is 7.39. The van der Waals surface area contributed by atoms with Crippen molar-refractivity contribution in [1.29, 1.82) is 0 Å². The first-order valence-electron chi connectivity index (χ1n) is 10.2. The monoisotopic (exact) mass is 426 g/mol. The summed E-state index contributed by atoms with van der Waals surface area (Å²) in [6, 6.07) is 14.2. The molecular weight excluding hydrogens is 400 g/mol. The largest absolute Gasteiger partial charge is 0.459 e. The Morgan fingerprint density at radius 1 is 0.839 bits per heavy atom. The molecule has 0 unspecified atom stereocenters. The van der Waals surface area contributed by atoms with Gasteiger partial charge in [-0.2, -0.15) is 0 Å². The molecule has 2 saturated heterocycles. The van der Waals surface area contributed by atoms with E-state index in [-0.39, 0.29) is 6.61 Å². The van der Waals surface area contributed by atoms with Crippen molar-refractivity contribution in [2.45, 2.75) is 58.1 Å². The van der Waals surface area contributed by atoms with E-state index in [9.17, 15) is 9.59 Å². The minimum atomic E-state index is -0.969. The zero-order chi connectivity index (χ0) is 22.2. The fourth-order valence-electron chi connectivity index (χ4n) is 3.67. The van der Waals surface area contributed by atoms with Crippen LogP contribution in [0, 0.1) is 13.8 Å². The third-order valence-corrected chi connectivity index (χ3v) is 5.28. The molecule has 2 aromatic rings. The number of benzene rings is 2. The summed E-state index contributed by atoms with van der Waals surface area (Å²) in [5.41, 5.74) is 2.96. The van der Waals surface area contributed by atoms with Crippen LogP contribution in [0.25, 0.3) is 0 Å². The van der Waals surface area contributed by atoms with Crippen LogP contribution in [0.5, 0.6) is 0 Å². The average Bonchev–Trinajstić information content (AvgIpc) is 3.20. The number of aryl methyl sites for hydroxylation is 2. The quantitative estimate of drug-likeness (QED) is 0.676. The number of hydrogen-bond donors (Lipinski definition) is 0. The molecule has 0 aliphatic carbocycles. The number of hydrogen-bond acceptors (Lipinski definition) is 7. The van der Waals surface area contributed by atoms with E-state index in [0.29, 0.717) is 11.1 Å². The Labute approximate surface area is 181 Å². The van der Waals surface area contributed by atoms with E-state index in [4.69, 9.17) is 23.7 Å². The predicted molar refractivity (Wildman–Crippen MR) is 111 cm³/mol. The Kier molecular flexibility index (Phi) is 5.83. The van der Waals surface area contributed by atoms with Crippen LogP contribution in [0.1, 0.15) is 45.7 Å². The number of rotatable bonds is 5. The van der Waals surface area contributed by atoms with E-state index >= 15 is 0 Å². The second kappa shape index (κ2) is 8.42. The highest BCUT2D eigenvalue weighted by molar-refractivity contribution is 5.90. The van der Waals surface area contributed by atoms with Gasteiger partial charge in [0.05, 0.1) is 11.1 Å². The van der Waals surface area contributed by atoms with Crippen LogP contribution in [0.15, 0.2) is 48.5 Å². The molecule has 7 nitrogen and oxygen atoms in total. The minimum Gasteiger partial charge on any atom is -0.459 e. The lowest BCUT2D eigenvalue weighted by Crippen LogP contribution is -2.33. The molecule has 2 fully saturated rings. The summed E-state index contributed by atoms with van der Waals surface area (Å²) in [6.07, 6.45) is -2.75. The normalized spacial score (nSPS) is 26.3. The number of fused-ring (bicyclic) bond motifs is 1. The van der Waals surface area contributed by atoms with Crippen LogP contribution < -0.4 is 0 Å². The lowest BCUT2D eigenvalue weighted by atomic mass is 10.1. The van der Waals surface area contributed by atoms with Gasteiger partial charge in [-0.25, -0.2) is 9.59 Å². The maximum atomic E-state index is 12.6. The standard InChI is InChI=1S/C24H26O7/c1-14-5-9-16(10-6-14)21(25)27-13-18-19-20(31-24(3,4)30-19)23(28-18)29-22(26)17-11-7-15(2)8-12-17/h5-12,18-20,23H,13H2,1-4H3/t18-,19-,20-,23+/m0/s1. The summed E-state index contributed by atoms with van der Waals surface area (Å²) in [5, 5.41) is 0. The fraction of sp³-hybridized carbons (Fsp3) is 0.417. The summed E-state index contributed by atoms with van der Waals surface area (Å²) in [5.74, 6) is -1.85. The van der Waals surface area contributed by atoms with Crippen molar-refractivity contribution in [3.05, 3.63) is 70.8 Å². The molecule has 2 aliphatic rings. The van der Waals surface area contributed by atoms with Crippen LogP contribution in [0.3, 0.4) is 0 Å². The van der Waals surface area contributed by atoms with Gasteiger partial charge in [-0.1, -0.05) is 35.4 Å². The lowest BCUT2D eigenvalue weighted by Gasteiger charge is -2.24. The van der Waals surface area contributed by atoms with Gasteiger partial charge >= 0.3 is 11.9 Å². The Hall–Kier alpha value is -2.74. The van der Waals surface area contributed by atoms with Crippen molar-refractivity contribution >= 4 is 11.9 Å². The lowest BCUT2D eigenvalue weighted by molar-refractivity contribution is -0.223. The van der Waals surface area contributed by atoms with Gasteiger partial charge in [-0.3, -0.25) is 0 Å². The third kappa shape index (κ3) is 4.79. The van der Waals surface area contributed by atoms with Gasteiger partial charge in [-0.15, -0.1) is 0 Å². The molecular formula is C24H26O7. The first-order valence-corrected chi connectivity index (χ1v) is 10.2. The van der Waals surface area contributed by atoms with Crippen molar-refractivity contribution in [3.63, 3.8) is 0 Å². The van der Waals surface area contributed by atoms with E-state index in [0.717, 1.165) is 11.1 Å². The topological polar surface area (TPSA) is 80.3 Å². The molecule has 7 heteroatoms. The average molecular weight is 426 g/mol. The van der Waals surface area contributed by atoms with Gasteiger partial charge in [-0.05, 0) is 52.0 Å². The van der Waals surface area contributed by atoms with Gasteiger partial charge in [0.1, 0.15) is 18.8 Å². The van der Waals surface area contributed by atoms with Gasteiger partial charge in [0.2, 0.25) is 6.29 Å². The third-order valence-electron chi connectivity index (χ3n) is 5.28. The first-order chi connectivity index (χ1) is 14.7. The van der Waals surface area contributed by atoms with Crippen molar-refractivity contribution < 1.29 is 33.3 Å². The van der Waals surface area contributed by atoms with Gasteiger partial charge in [0.15, 0.2) is 11.9 Å². The maximum absolute atomic E-state index is 12.6. The van der Waals surface area contributed by atoms with Gasteiger partial charge < -0.3 is 23.7 Å². The van der Waals surface area contributed by atoms with E-state index < -0.39 is 42.3 Å². The molecule has 0 bridgehead atoms. The SMILES string of the molecule is Cc1ccc(C(=O)OC[C@@H]2O[C@H](OC(=O)c3ccc(C)cc3)[C@H]3OC(C)(C)O[C@H]32)cc1. The second-order valence-corrected chi connectivity index (χ2v) is 8.34. The van der Waals surface area contributed by atoms with E-state index in [1.54, 1.807) is 38.1 Å². The molecule has 0 aromatic heterocycles.